The number of benzene rings is 1. The van der Waals surface area contributed by atoms with Crippen molar-refractivity contribution in [1.82, 2.24) is 19.7 Å². The van der Waals surface area contributed by atoms with Gasteiger partial charge in [-0.15, -0.1) is 21.5 Å². The van der Waals surface area contributed by atoms with Crippen LogP contribution in [-0.2, 0) is 11.3 Å². The third-order valence-electron chi connectivity index (χ3n) is 4.64. The summed E-state index contributed by atoms with van der Waals surface area (Å²) in [5.41, 5.74) is 0.793. The zero-order valence-electron chi connectivity index (χ0n) is 15.5. The van der Waals surface area contributed by atoms with Crippen molar-refractivity contribution >= 4 is 29.0 Å². The zero-order valence-corrected chi connectivity index (χ0v) is 17.2. The highest BCUT2D eigenvalue weighted by atomic mass is 32.2. The molecule has 3 aromatic rings. The second-order valence-electron chi connectivity index (χ2n) is 6.71. The fourth-order valence-electron chi connectivity index (χ4n) is 3.06. The van der Waals surface area contributed by atoms with Gasteiger partial charge >= 0.3 is 0 Å². The number of thiophene rings is 1. The van der Waals surface area contributed by atoms with E-state index in [1.807, 2.05) is 30.5 Å². The minimum atomic E-state index is -0.283. The molecule has 0 bridgehead atoms. The lowest BCUT2D eigenvalue weighted by atomic mass is 10.2. The molecule has 1 aliphatic carbocycles. The van der Waals surface area contributed by atoms with Crippen LogP contribution in [0, 0.1) is 5.82 Å². The van der Waals surface area contributed by atoms with Gasteiger partial charge in [0.1, 0.15) is 5.82 Å². The summed E-state index contributed by atoms with van der Waals surface area (Å²) in [4.78, 5) is 15.6. The summed E-state index contributed by atoms with van der Waals surface area (Å²) >= 11 is 3.07. The van der Waals surface area contributed by atoms with Crippen molar-refractivity contribution in [1.29, 1.82) is 0 Å². The van der Waals surface area contributed by atoms with Gasteiger partial charge < -0.3 is 4.90 Å². The summed E-state index contributed by atoms with van der Waals surface area (Å²) < 4.78 is 15.6. The molecule has 4 rings (SSSR count). The van der Waals surface area contributed by atoms with Crippen LogP contribution in [0.4, 0.5) is 4.39 Å². The van der Waals surface area contributed by atoms with E-state index in [1.54, 1.807) is 22.3 Å². The van der Waals surface area contributed by atoms with E-state index in [0.717, 1.165) is 34.3 Å². The maximum absolute atomic E-state index is 13.4. The van der Waals surface area contributed by atoms with Gasteiger partial charge in [0, 0.05) is 19.1 Å². The minimum absolute atomic E-state index is 0.0137. The standard InChI is InChI=1S/C20H21FN4OS2/c1-2-24(12-14-5-3-6-15(21)11-14)18(26)13-28-20-23-22-19(17-7-4-10-27-17)25(20)16-8-9-16/h3-7,10-11,16H,2,8-9,12-13H2,1H3. The molecule has 0 saturated heterocycles. The smallest absolute Gasteiger partial charge is 0.233 e. The molecular weight excluding hydrogens is 395 g/mol. The Bertz CT molecular complexity index is 953. The van der Waals surface area contributed by atoms with Crippen molar-refractivity contribution in [3.63, 3.8) is 0 Å². The fourth-order valence-corrected chi connectivity index (χ4v) is 4.67. The van der Waals surface area contributed by atoms with Crippen LogP contribution in [0.15, 0.2) is 46.9 Å². The van der Waals surface area contributed by atoms with Crippen molar-refractivity contribution in [2.75, 3.05) is 12.3 Å². The van der Waals surface area contributed by atoms with Gasteiger partial charge in [0.2, 0.25) is 5.91 Å². The van der Waals surface area contributed by atoms with Crippen LogP contribution in [0.2, 0.25) is 0 Å². The Morgan fingerprint density at radius 1 is 1.32 bits per heavy atom. The molecule has 28 heavy (non-hydrogen) atoms. The lowest BCUT2D eigenvalue weighted by Crippen LogP contribution is -2.31. The van der Waals surface area contributed by atoms with Gasteiger partial charge in [-0.1, -0.05) is 30.0 Å². The average molecular weight is 417 g/mol. The highest BCUT2D eigenvalue weighted by Gasteiger charge is 2.30. The number of thioether (sulfide) groups is 1. The number of halogens is 1. The van der Waals surface area contributed by atoms with Gasteiger partial charge in [-0.05, 0) is 48.9 Å². The molecule has 0 radical (unpaired) electrons. The van der Waals surface area contributed by atoms with Crippen LogP contribution in [0.5, 0.6) is 0 Å². The SMILES string of the molecule is CCN(Cc1cccc(F)c1)C(=O)CSc1nnc(-c2cccs2)n1C1CC1. The maximum atomic E-state index is 13.4. The Kier molecular flexibility index (Phi) is 5.77. The van der Waals surface area contributed by atoms with Gasteiger partial charge in [-0.25, -0.2) is 4.39 Å². The highest BCUT2D eigenvalue weighted by Crippen LogP contribution is 2.41. The molecule has 0 unspecified atom stereocenters. The van der Waals surface area contributed by atoms with Crippen LogP contribution in [0.1, 0.15) is 31.4 Å². The fraction of sp³-hybridized carbons (Fsp3) is 0.350. The van der Waals surface area contributed by atoms with Crippen molar-refractivity contribution in [3.8, 4) is 10.7 Å². The quantitative estimate of drug-likeness (QED) is 0.503. The molecule has 146 valence electrons. The molecule has 1 aliphatic rings. The molecule has 5 nitrogen and oxygen atoms in total. The van der Waals surface area contributed by atoms with E-state index in [-0.39, 0.29) is 11.7 Å². The molecule has 0 spiro atoms. The second-order valence-corrected chi connectivity index (χ2v) is 8.60. The van der Waals surface area contributed by atoms with Gasteiger partial charge in [-0.2, -0.15) is 0 Å². The predicted molar refractivity (Wildman–Crippen MR) is 110 cm³/mol. The van der Waals surface area contributed by atoms with E-state index in [0.29, 0.717) is 24.9 Å². The first-order chi connectivity index (χ1) is 13.7. The Labute approximate surface area is 171 Å². The Balaban J connectivity index is 1.44. The molecule has 0 aliphatic heterocycles. The lowest BCUT2D eigenvalue weighted by Gasteiger charge is -2.21. The number of aromatic nitrogens is 3. The van der Waals surface area contributed by atoms with Gasteiger partial charge in [0.05, 0.1) is 10.6 Å². The van der Waals surface area contributed by atoms with Crippen molar-refractivity contribution < 1.29 is 9.18 Å². The molecule has 0 N–H and O–H groups in total. The Hall–Kier alpha value is -2.19. The monoisotopic (exact) mass is 416 g/mol. The normalized spacial score (nSPS) is 13.6. The molecule has 0 atom stereocenters. The summed E-state index contributed by atoms with van der Waals surface area (Å²) in [6.45, 7) is 2.92. The number of hydrogen-bond donors (Lipinski definition) is 0. The molecule has 2 heterocycles. The van der Waals surface area contributed by atoms with Crippen molar-refractivity contribution in [2.45, 2.75) is 37.5 Å². The zero-order chi connectivity index (χ0) is 19.5. The van der Waals surface area contributed by atoms with Gasteiger partial charge in [0.25, 0.3) is 0 Å². The number of rotatable bonds is 8. The van der Waals surface area contributed by atoms with Crippen LogP contribution >= 0.6 is 23.1 Å². The molecular formula is C20H21FN4OS2. The Morgan fingerprint density at radius 3 is 2.86 bits per heavy atom. The van der Waals surface area contributed by atoms with E-state index >= 15 is 0 Å². The van der Waals surface area contributed by atoms with Crippen molar-refractivity contribution in [2.24, 2.45) is 0 Å². The molecule has 8 heteroatoms. The first-order valence-corrected chi connectivity index (χ1v) is 11.2. The summed E-state index contributed by atoms with van der Waals surface area (Å²) in [5.74, 6) is 0.909. The van der Waals surface area contributed by atoms with E-state index < -0.39 is 0 Å². The molecule has 1 amide bonds. The largest absolute Gasteiger partial charge is 0.338 e. The minimum Gasteiger partial charge on any atom is -0.338 e. The van der Waals surface area contributed by atoms with Crippen LogP contribution < -0.4 is 0 Å². The number of carbonyl (C=O) groups is 1. The molecule has 1 aromatic carbocycles. The third-order valence-corrected chi connectivity index (χ3v) is 6.43. The van der Waals surface area contributed by atoms with Gasteiger partial charge in [0.15, 0.2) is 11.0 Å². The summed E-state index contributed by atoms with van der Waals surface area (Å²) in [6, 6.07) is 10.9. The van der Waals surface area contributed by atoms with Crippen LogP contribution in [0.25, 0.3) is 10.7 Å². The number of nitrogens with zero attached hydrogens (tertiary/aromatic N) is 4. The number of amides is 1. The topological polar surface area (TPSA) is 51.0 Å². The molecule has 2 aromatic heterocycles. The molecule has 1 fully saturated rings. The summed E-state index contributed by atoms with van der Waals surface area (Å²) in [5, 5.41) is 11.5. The molecule has 1 saturated carbocycles. The lowest BCUT2D eigenvalue weighted by molar-refractivity contribution is -0.128. The van der Waals surface area contributed by atoms with E-state index in [1.165, 1.54) is 23.9 Å². The third kappa shape index (κ3) is 4.28. The summed E-state index contributed by atoms with van der Waals surface area (Å²) in [7, 11) is 0. The first-order valence-electron chi connectivity index (χ1n) is 9.29. The maximum Gasteiger partial charge on any atom is 0.233 e. The Morgan fingerprint density at radius 2 is 2.18 bits per heavy atom. The predicted octanol–water partition coefficient (Wildman–Crippen LogP) is 4.62. The summed E-state index contributed by atoms with van der Waals surface area (Å²) in [6.07, 6.45) is 2.25. The first kappa shape index (κ1) is 19.1. The van der Waals surface area contributed by atoms with E-state index in [2.05, 4.69) is 14.8 Å². The van der Waals surface area contributed by atoms with E-state index in [4.69, 9.17) is 0 Å². The van der Waals surface area contributed by atoms with Crippen LogP contribution in [-0.4, -0.2) is 37.9 Å². The number of hydrogen-bond acceptors (Lipinski definition) is 5. The number of carbonyl (C=O) groups excluding carboxylic acids is 1. The van der Waals surface area contributed by atoms with Crippen molar-refractivity contribution in [3.05, 3.63) is 53.2 Å². The van der Waals surface area contributed by atoms with Gasteiger partial charge in [-0.3, -0.25) is 9.36 Å². The van der Waals surface area contributed by atoms with E-state index in [9.17, 15) is 9.18 Å². The second kappa shape index (κ2) is 8.45. The highest BCUT2D eigenvalue weighted by molar-refractivity contribution is 7.99. The van der Waals surface area contributed by atoms with Crippen LogP contribution in [0.3, 0.4) is 0 Å². The average Bonchev–Trinajstić information content (AvgIpc) is 3.21.